The molecule has 0 spiro atoms. The van der Waals surface area contributed by atoms with Crippen molar-refractivity contribution in [1.82, 2.24) is 0 Å². The number of rotatable bonds is 5. The monoisotopic (exact) mass is 421 g/mol. The quantitative estimate of drug-likeness (QED) is 0.545. The van der Waals surface area contributed by atoms with Gasteiger partial charge in [-0.15, -0.1) is 11.3 Å². The van der Waals surface area contributed by atoms with Crippen molar-refractivity contribution in [3.05, 3.63) is 39.5 Å². The minimum absolute atomic E-state index is 0.0340. The van der Waals surface area contributed by atoms with E-state index in [2.05, 4.69) is 0 Å². The number of carbonyl (C=O) groups is 3. The van der Waals surface area contributed by atoms with E-state index in [0.29, 0.717) is 39.6 Å². The Kier molecular flexibility index (Phi) is 5.23. The first-order valence-electron chi connectivity index (χ1n) is 8.66. The van der Waals surface area contributed by atoms with Crippen molar-refractivity contribution in [3.8, 4) is 11.5 Å². The number of nitrogens with zero attached hydrogens (tertiary/aromatic N) is 1. The van der Waals surface area contributed by atoms with Gasteiger partial charge in [0.1, 0.15) is 13.2 Å². The number of ketones is 1. The molecular formula is C19H16ClNO6S. The van der Waals surface area contributed by atoms with Gasteiger partial charge in [-0.05, 0) is 24.3 Å². The van der Waals surface area contributed by atoms with Gasteiger partial charge in [-0.2, -0.15) is 0 Å². The summed E-state index contributed by atoms with van der Waals surface area (Å²) in [6.07, 6.45) is 0.0340. The van der Waals surface area contributed by atoms with Crippen molar-refractivity contribution in [2.24, 2.45) is 5.92 Å². The van der Waals surface area contributed by atoms with Gasteiger partial charge in [0.05, 0.1) is 15.1 Å². The highest BCUT2D eigenvalue weighted by Gasteiger charge is 2.37. The van der Waals surface area contributed by atoms with E-state index in [0.717, 1.165) is 11.3 Å². The van der Waals surface area contributed by atoms with E-state index >= 15 is 0 Å². The predicted molar refractivity (Wildman–Crippen MR) is 103 cm³/mol. The Morgan fingerprint density at radius 1 is 1.18 bits per heavy atom. The summed E-state index contributed by atoms with van der Waals surface area (Å²) < 4.78 is 16.6. The Hall–Kier alpha value is -2.58. The highest BCUT2D eigenvalue weighted by molar-refractivity contribution is 7.18. The summed E-state index contributed by atoms with van der Waals surface area (Å²) in [7, 11) is 0. The standard InChI is InChI=1S/C19H16ClNO6S/c20-17-4-3-16(28-17)13(22)10-27-19(24)11-7-18(23)21(9-11)12-1-2-14-15(8-12)26-6-5-25-14/h1-4,8,11H,5-7,9-10H2. The maximum absolute atomic E-state index is 12.4. The number of halogens is 1. The number of anilines is 1. The minimum atomic E-state index is -0.625. The summed E-state index contributed by atoms with van der Waals surface area (Å²) in [6.45, 7) is 0.753. The fourth-order valence-corrected chi connectivity index (χ4v) is 4.07. The largest absolute Gasteiger partial charge is 0.486 e. The molecule has 0 aliphatic carbocycles. The molecule has 0 saturated carbocycles. The second-order valence-corrected chi connectivity index (χ2v) is 8.08. The zero-order valence-electron chi connectivity index (χ0n) is 14.7. The molecule has 1 amide bonds. The van der Waals surface area contributed by atoms with E-state index in [1.165, 1.54) is 4.90 Å². The molecule has 146 valence electrons. The van der Waals surface area contributed by atoms with Crippen LogP contribution in [0.2, 0.25) is 4.34 Å². The maximum Gasteiger partial charge on any atom is 0.311 e. The fraction of sp³-hybridized carbons (Fsp3) is 0.316. The summed E-state index contributed by atoms with van der Waals surface area (Å²) in [4.78, 5) is 38.7. The molecule has 4 rings (SSSR count). The van der Waals surface area contributed by atoms with Crippen LogP contribution >= 0.6 is 22.9 Å². The first-order chi connectivity index (χ1) is 13.5. The van der Waals surface area contributed by atoms with Gasteiger partial charge in [-0.1, -0.05) is 11.6 Å². The lowest BCUT2D eigenvalue weighted by atomic mass is 10.1. The van der Waals surface area contributed by atoms with Crippen LogP contribution in [0.5, 0.6) is 11.5 Å². The molecule has 2 aliphatic rings. The Bertz CT molecular complexity index is 942. The first kappa shape index (κ1) is 18.8. The van der Waals surface area contributed by atoms with Gasteiger partial charge in [-0.3, -0.25) is 14.4 Å². The summed E-state index contributed by atoms with van der Waals surface area (Å²) in [6, 6.07) is 8.43. The summed E-state index contributed by atoms with van der Waals surface area (Å²) in [5.74, 6) is -0.495. The normalized spacial score (nSPS) is 18.2. The van der Waals surface area contributed by atoms with E-state index in [1.54, 1.807) is 30.3 Å². The van der Waals surface area contributed by atoms with Crippen molar-refractivity contribution < 1.29 is 28.6 Å². The lowest BCUT2D eigenvalue weighted by Crippen LogP contribution is -2.27. The van der Waals surface area contributed by atoms with Crippen LogP contribution in [-0.4, -0.2) is 44.0 Å². The molecule has 1 atom stereocenters. The second-order valence-electron chi connectivity index (χ2n) is 6.37. The molecule has 3 heterocycles. The van der Waals surface area contributed by atoms with Crippen molar-refractivity contribution in [1.29, 1.82) is 0 Å². The third-order valence-corrected chi connectivity index (χ3v) is 5.76. The molecule has 9 heteroatoms. The molecular weight excluding hydrogens is 406 g/mol. The van der Waals surface area contributed by atoms with E-state index in [-0.39, 0.29) is 31.3 Å². The lowest BCUT2D eigenvalue weighted by Gasteiger charge is -2.22. The predicted octanol–water partition coefficient (Wildman–Crippen LogP) is 2.95. The number of hydrogen-bond donors (Lipinski definition) is 0. The Labute approximate surface area is 169 Å². The molecule has 2 aromatic rings. The Morgan fingerprint density at radius 3 is 2.71 bits per heavy atom. The number of Topliss-reactive ketones (excluding diaryl/α,β-unsaturated/α-hetero) is 1. The van der Waals surface area contributed by atoms with Crippen LogP contribution in [0.3, 0.4) is 0 Å². The van der Waals surface area contributed by atoms with Crippen LogP contribution in [0.15, 0.2) is 30.3 Å². The zero-order chi connectivity index (χ0) is 19.7. The molecule has 1 fully saturated rings. The SMILES string of the molecule is O=C(COC(=O)C1CC(=O)N(c2ccc3c(c2)OCCO3)C1)c1ccc(Cl)s1. The number of ether oxygens (including phenoxy) is 3. The average molecular weight is 422 g/mol. The average Bonchev–Trinajstić information content (AvgIpc) is 3.31. The summed E-state index contributed by atoms with van der Waals surface area (Å²) in [5, 5.41) is 0. The van der Waals surface area contributed by atoms with Gasteiger partial charge < -0.3 is 19.1 Å². The van der Waals surface area contributed by atoms with Crippen LogP contribution in [0.1, 0.15) is 16.1 Å². The molecule has 1 saturated heterocycles. The molecule has 0 bridgehead atoms. The van der Waals surface area contributed by atoms with Crippen LogP contribution in [0.25, 0.3) is 0 Å². The number of carbonyl (C=O) groups excluding carboxylic acids is 3. The molecule has 0 radical (unpaired) electrons. The van der Waals surface area contributed by atoms with Gasteiger partial charge in [0.15, 0.2) is 18.1 Å². The highest BCUT2D eigenvalue weighted by atomic mass is 35.5. The van der Waals surface area contributed by atoms with Crippen molar-refractivity contribution in [3.63, 3.8) is 0 Å². The zero-order valence-corrected chi connectivity index (χ0v) is 16.3. The Morgan fingerprint density at radius 2 is 1.96 bits per heavy atom. The van der Waals surface area contributed by atoms with E-state index < -0.39 is 11.9 Å². The van der Waals surface area contributed by atoms with Crippen LogP contribution in [0, 0.1) is 5.92 Å². The molecule has 1 aromatic carbocycles. The smallest absolute Gasteiger partial charge is 0.311 e. The van der Waals surface area contributed by atoms with Crippen molar-refractivity contribution >= 4 is 46.3 Å². The number of hydrogen-bond acceptors (Lipinski definition) is 7. The molecule has 28 heavy (non-hydrogen) atoms. The van der Waals surface area contributed by atoms with Gasteiger partial charge in [0.25, 0.3) is 0 Å². The van der Waals surface area contributed by atoms with Crippen molar-refractivity contribution in [2.45, 2.75) is 6.42 Å². The molecule has 1 unspecified atom stereocenters. The number of esters is 1. The molecule has 2 aliphatic heterocycles. The van der Waals surface area contributed by atoms with Gasteiger partial charge in [0.2, 0.25) is 11.7 Å². The van der Waals surface area contributed by atoms with Gasteiger partial charge in [0, 0.05) is 24.7 Å². The van der Waals surface area contributed by atoms with Crippen LogP contribution in [0.4, 0.5) is 5.69 Å². The number of benzene rings is 1. The van der Waals surface area contributed by atoms with Gasteiger partial charge >= 0.3 is 5.97 Å². The molecule has 7 nitrogen and oxygen atoms in total. The van der Waals surface area contributed by atoms with Crippen molar-refractivity contribution in [2.75, 3.05) is 31.3 Å². The Balaban J connectivity index is 1.37. The maximum atomic E-state index is 12.4. The first-order valence-corrected chi connectivity index (χ1v) is 9.86. The number of amides is 1. The highest BCUT2D eigenvalue weighted by Crippen LogP contribution is 2.36. The van der Waals surface area contributed by atoms with E-state index in [1.807, 2.05) is 0 Å². The third kappa shape index (κ3) is 3.83. The fourth-order valence-electron chi connectivity index (χ4n) is 3.10. The van der Waals surface area contributed by atoms with E-state index in [4.69, 9.17) is 25.8 Å². The summed E-state index contributed by atoms with van der Waals surface area (Å²) in [5.41, 5.74) is 0.633. The number of fused-ring (bicyclic) bond motifs is 1. The number of thiophene rings is 1. The molecule has 0 N–H and O–H groups in total. The van der Waals surface area contributed by atoms with Crippen LogP contribution < -0.4 is 14.4 Å². The van der Waals surface area contributed by atoms with Gasteiger partial charge in [-0.25, -0.2) is 0 Å². The topological polar surface area (TPSA) is 82.1 Å². The third-order valence-electron chi connectivity index (χ3n) is 4.49. The molecule has 1 aromatic heterocycles. The minimum Gasteiger partial charge on any atom is -0.486 e. The second kappa shape index (κ2) is 7.81. The van der Waals surface area contributed by atoms with E-state index in [9.17, 15) is 14.4 Å². The summed E-state index contributed by atoms with van der Waals surface area (Å²) >= 11 is 6.93. The lowest BCUT2D eigenvalue weighted by molar-refractivity contribution is -0.147. The van der Waals surface area contributed by atoms with Crippen LogP contribution in [-0.2, 0) is 14.3 Å².